The molecule has 1 rings (SSSR count). The van der Waals surface area contributed by atoms with Crippen molar-refractivity contribution in [2.24, 2.45) is 34.0 Å². The number of ether oxygens (including phenoxy) is 1. The molecule has 0 aliphatic carbocycles. The molecule has 14 N–H and O–H groups in total. The minimum absolute atomic E-state index is 0.112. The van der Waals surface area contributed by atoms with Crippen LogP contribution in [0.4, 0.5) is 0 Å². The van der Waals surface area contributed by atoms with Gasteiger partial charge in [0.05, 0.1) is 25.0 Å². The Morgan fingerprint density at radius 2 is 1.13 bits per heavy atom. The van der Waals surface area contributed by atoms with Crippen LogP contribution in [-0.2, 0) is 43.1 Å². The first-order valence-electron chi connectivity index (χ1n) is 21.8. The highest BCUT2D eigenvalue weighted by Gasteiger charge is 2.39. The summed E-state index contributed by atoms with van der Waals surface area (Å²) in [5.41, 5.74) is 16.0. The number of carbonyl (C=O) groups excluding carboxylic acids is 8. The van der Waals surface area contributed by atoms with E-state index >= 15 is 0 Å². The van der Waals surface area contributed by atoms with E-state index in [2.05, 4.69) is 36.9 Å². The van der Waals surface area contributed by atoms with Crippen LogP contribution in [-0.4, -0.2) is 125 Å². The van der Waals surface area contributed by atoms with Gasteiger partial charge in [-0.2, -0.15) is 0 Å². The molecule has 0 saturated carbocycles. The Kier molecular flexibility index (Phi) is 25.3. The van der Waals surface area contributed by atoms with Crippen molar-refractivity contribution in [2.75, 3.05) is 6.54 Å². The van der Waals surface area contributed by atoms with E-state index in [4.69, 9.17) is 21.9 Å². The first-order valence-corrected chi connectivity index (χ1v) is 21.8. The van der Waals surface area contributed by atoms with Gasteiger partial charge in [0.1, 0.15) is 42.4 Å². The SMILES string of the molecule is CC(C)C1NC(=O)C(C(C)C)NC(=O)C(NC(=O)CC(O)CCCCCCCCCCCCN=C(N)N)C(C)OC(=O)[C@@H](C)NC(=O)[C@@H](CC(N)=O)NC(=O)[C@@H]([C@@H](C)O)NC1=O. The summed E-state index contributed by atoms with van der Waals surface area (Å²) >= 11 is 0. The Bertz CT molecular complexity index is 1520. The highest BCUT2D eigenvalue weighted by Crippen LogP contribution is 2.15. The third-order valence-corrected chi connectivity index (χ3v) is 10.3. The summed E-state index contributed by atoms with van der Waals surface area (Å²) in [6.07, 6.45) is 5.31. The van der Waals surface area contributed by atoms with E-state index in [-0.39, 0.29) is 12.4 Å². The van der Waals surface area contributed by atoms with E-state index in [1.165, 1.54) is 20.8 Å². The number of amides is 7. The summed E-state index contributed by atoms with van der Waals surface area (Å²) in [7, 11) is 0. The lowest BCUT2D eigenvalue weighted by molar-refractivity contribution is -0.155. The van der Waals surface area contributed by atoms with Crippen LogP contribution in [0.2, 0.25) is 0 Å². The second-order valence-electron chi connectivity index (χ2n) is 16.8. The molecule has 0 aromatic carbocycles. The van der Waals surface area contributed by atoms with Crippen LogP contribution in [0.25, 0.3) is 0 Å². The Morgan fingerprint density at radius 3 is 1.61 bits per heavy atom. The number of aliphatic hydroxyl groups is 2. The lowest BCUT2D eigenvalue weighted by atomic mass is 9.98. The predicted octanol–water partition coefficient (Wildman–Crippen LogP) is -1.26. The lowest BCUT2D eigenvalue weighted by Crippen LogP contribution is -2.63. The smallest absolute Gasteiger partial charge is 0.328 e. The van der Waals surface area contributed by atoms with Crippen molar-refractivity contribution >= 4 is 53.3 Å². The van der Waals surface area contributed by atoms with Crippen molar-refractivity contribution < 1.29 is 53.3 Å². The van der Waals surface area contributed by atoms with E-state index in [1.54, 1.807) is 27.7 Å². The minimum Gasteiger partial charge on any atom is -0.458 e. The van der Waals surface area contributed by atoms with E-state index in [9.17, 15) is 48.6 Å². The molecule has 0 aromatic heterocycles. The number of rotatable bonds is 21. The Balaban J connectivity index is 3.18. The van der Waals surface area contributed by atoms with Gasteiger partial charge < -0.3 is 64.1 Å². The molecule has 1 aliphatic heterocycles. The molecule has 1 aliphatic rings. The molecule has 0 radical (unpaired) electrons. The van der Waals surface area contributed by atoms with Crippen molar-refractivity contribution in [3.8, 4) is 0 Å². The zero-order valence-corrected chi connectivity index (χ0v) is 37.5. The normalized spacial score (nSPS) is 24.5. The summed E-state index contributed by atoms with van der Waals surface area (Å²) in [4.78, 5) is 110. The molecule has 1 saturated heterocycles. The summed E-state index contributed by atoms with van der Waals surface area (Å²) in [5, 5.41) is 35.8. The predicted molar refractivity (Wildman–Crippen MR) is 230 cm³/mol. The monoisotopic (exact) mass is 883 g/mol. The first-order chi connectivity index (χ1) is 29.0. The fourth-order valence-corrected chi connectivity index (χ4v) is 6.66. The maximum absolute atomic E-state index is 13.9. The molecule has 0 spiro atoms. The largest absolute Gasteiger partial charge is 0.458 e. The molecule has 1 fully saturated rings. The van der Waals surface area contributed by atoms with Gasteiger partial charge in [0.2, 0.25) is 41.4 Å². The third kappa shape index (κ3) is 21.2. The van der Waals surface area contributed by atoms with Crippen LogP contribution in [0.15, 0.2) is 4.99 Å². The number of nitrogens with one attached hydrogen (secondary N) is 6. The number of aliphatic imine (C=N–C) groups is 1. The van der Waals surface area contributed by atoms with Crippen LogP contribution in [0.5, 0.6) is 0 Å². The van der Waals surface area contributed by atoms with Crippen LogP contribution in [0.3, 0.4) is 0 Å². The first kappa shape index (κ1) is 55.0. The van der Waals surface area contributed by atoms with Gasteiger partial charge in [-0.15, -0.1) is 0 Å². The zero-order valence-electron chi connectivity index (χ0n) is 37.5. The molecule has 354 valence electrons. The third-order valence-electron chi connectivity index (χ3n) is 10.3. The number of esters is 1. The number of hydrogen-bond donors (Lipinski definition) is 11. The molecule has 21 heteroatoms. The molecule has 7 amide bonds. The van der Waals surface area contributed by atoms with Gasteiger partial charge in [0.15, 0.2) is 5.96 Å². The van der Waals surface area contributed by atoms with Gasteiger partial charge in [-0.25, -0.2) is 4.79 Å². The van der Waals surface area contributed by atoms with Gasteiger partial charge in [-0.1, -0.05) is 85.5 Å². The Morgan fingerprint density at radius 1 is 0.661 bits per heavy atom. The van der Waals surface area contributed by atoms with E-state index < -0.39 is 120 Å². The van der Waals surface area contributed by atoms with Crippen molar-refractivity contribution in [2.45, 2.75) is 186 Å². The molecular formula is C41H74N10O11. The van der Waals surface area contributed by atoms with E-state index in [0.717, 1.165) is 57.8 Å². The Hall–Kier alpha value is -5.05. The number of cyclic esters (lactones) is 1. The summed E-state index contributed by atoms with van der Waals surface area (Å²) in [6.45, 7) is 10.8. The molecular weight excluding hydrogens is 809 g/mol. The molecule has 1 heterocycles. The van der Waals surface area contributed by atoms with Crippen molar-refractivity contribution in [1.29, 1.82) is 0 Å². The number of aliphatic hydroxyl groups excluding tert-OH is 2. The molecule has 21 nitrogen and oxygen atoms in total. The van der Waals surface area contributed by atoms with Crippen molar-refractivity contribution in [3.63, 3.8) is 0 Å². The highest BCUT2D eigenvalue weighted by molar-refractivity contribution is 5.98. The lowest BCUT2D eigenvalue weighted by Gasteiger charge is -2.31. The van der Waals surface area contributed by atoms with Crippen LogP contribution >= 0.6 is 0 Å². The number of nitrogens with zero attached hydrogens (tertiary/aromatic N) is 1. The molecule has 0 bridgehead atoms. The molecule has 0 aromatic rings. The van der Waals surface area contributed by atoms with Gasteiger partial charge in [0.25, 0.3) is 0 Å². The standard InChI is InChI=1S/C41H74N10O11/c1-22(2)31-36(57)49-32(23(3)4)37(58)51-33(25(6)52)38(59)47-28(21-29(42)54)35(56)46-24(5)40(61)62-26(7)34(39(60)50-31)48-30(55)20-27(53)18-16-14-12-10-8-9-11-13-15-17-19-45-41(43)44/h22-28,31-34,52-53H,8-21H2,1-7H3,(H2,42,54)(H,46,56)(H,47,59)(H,48,55)(H,49,57)(H,50,60)(H,51,58)(H4,43,44,45)/t24-,25-,26?,27?,28-,31?,32?,33-,34?/m1/s1. The Labute approximate surface area is 365 Å². The van der Waals surface area contributed by atoms with E-state index in [0.29, 0.717) is 19.4 Å². The average molecular weight is 883 g/mol. The van der Waals surface area contributed by atoms with E-state index in [1.807, 2.05) is 0 Å². The second kappa shape index (κ2) is 28.5. The van der Waals surface area contributed by atoms with Crippen molar-refractivity contribution in [1.82, 2.24) is 31.9 Å². The molecule has 5 unspecified atom stereocenters. The van der Waals surface area contributed by atoms with Crippen LogP contribution < -0.4 is 49.1 Å². The zero-order chi connectivity index (χ0) is 47.1. The molecule has 62 heavy (non-hydrogen) atoms. The fourth-order valence-electron chi connectivity index (χ4n) is 6.66. The average Bonchev–Trinajstić information content (AvgIpc) is 3.16. The second-order valence-corrected chi connectivity index (χ2v) is 16.8. The van der Waals surface area contributed by atoms with Crippen LogP contribution in [0, 0.1) is 11.8 Å². The maximum Gasteiger partial charge on any atom is 0.328 e. The van der Waals surface area contributed by atoms with Gasteiger partial charge in [-0.3, -0.25) is 38.6 Å². The maximum atomic E-state index is 13.9. The number of nitrogens with two attached hydrogens (primary N) is 3. The summed E-state index contributed by atoms with van der Waals surface area (Å²) in [6, 6.07) is -8.99. The van der Waals surface area contributed by atoms with Gasteiger partial charge in [-0.05, 0) is 45.4 Å². The fraction of sp³-hybridized carbons (Fsp3) is 0.780. The van der Waals surface area contributed by atoms with Gasteiger partial charge in [0, 0.05) is 6.54 Å². The van der Waals surface area contributed by atoms with Gasteiger partial charge >= 0.3 is 5.97 Å². The number of primary amides is 1. The highest BCUT2D eigenvalue weighted by atomic mass is 16.5. The number of hydrogen-bond acceptors (Lipinski definition) is 12. The topological polar surface area (TPSA) is 349 Å². The number of unbranched alkanes of at least 4 members (excludes halogenated alkanes) is 9. The molecule has 9 atom stereocenters. The van der Waals surface area contributed by atoms with Crippen LogP contribution in [0.1, 0.15) is 132 Å². The summed E-state index contributed by atoms with van der Waals surface area (Å²) < 4.78 is 5.52. The number of carbonyl (C=O) groups is 8. The summed E-state index contributed by atoms with van der Waals surface area (Å²) in [5.74, 6) is -8.62. The van der Waals surface area contributed by atoms with Crippen molar-refractivity contribution in [3.05, 3.63) is 0 Å². The number of guanidine groups is 1. The quantitative estimate of drug-likeness (QED) is 0.0278. The minimum atomic E-state index is -1.68.